The lowest BCUT2D eigenvalue weighted by Crippen LogP contribution is -2.42. The van der Waals surface area contributed by atoms with E-state index >= 15 is 0 Å². The van der Waals surface area contributed by atoms with E-state index in [1.807, 2.05) is 0 Å². The van der Waals surface area contributed by atoms with Gasteiger partial charge in [-0.1, -0.05) is 31.4 Å². The largest absolute Gasteiger partial charge is 0.449 e. The number of carbonyl (C=O) groups excluding carboxylic acids is 2. The predicted molar refractivity (Wildman–Crippen MR) is 91.9 cm³/mol. The van der Waals surface area contributed by atoms with Crippen LogP contribution in [0.1, 0.15) is 49.4 Å². The highest BCUT2D eigenvalue weighted by Gasteiger charge is 2.23. The van der Waals surface area contributed by atoms with E-state index in [0.717, 1.165) is 25.7 Å². The first-order chi connectivity index (χ1) is 11.6. The fourth-order valence-electron chi connectivity index (χ4n) is 2.85. The standard InChI is InChI=1S/C18H26N2O4/c1-13(17(22)20-14-7-3-2-4-8-14)24-18(23)15-9-5-6-10-16(15)19-11-12-21/h5-6,9-10,13-14,19,21H,2-4,7-8,11-12H2,1H3,(H,20,22)/t13-/m0/s1. The Labute approximate surface area is 142 Å². The number of nitrogens with one attached hydrogen (secondary N) is 2. The first-order valence-electron chi connectivity index (χ1n) is 8.57. The number of amides is 1. The lowest BCUT2D eigenvalue weighted by molar-refractivity contribution is -0.130. The van der Waals surface area contributed by atoms with Crippen LogP contribution in [-0.4, -0.2) is 42.3 Å². The van der Waals surface area contributed by atoms with Crippen LogP contribution < -0.4 is 10.6 Å². The molecule has 2 rings (SSSR count). The van der Waals surface area contributed by atoms with Gasteiger partial charge in [0.05, 0.1) is 12.2 Å². The number of aliphatic hydroxyl groups is 1. The summed E-state index contributed by atoms with van der Waals surface area (Å²) in [7, 11) is 0. The van der Waals surface area contributed by atoms with Crippen molar-refractivity contribution < 1.29 is 19.4 Å². The zero-order chi connectivity index (χ0) is 17.4. The number of ether oxygens (including phenoxy) is 1. The third-order valence-electron chi connectivity index (χ3n) is 4.18. The summed E-state index contributed by atoms with van der Waals surface area (Å²) in [4.78, 5) is 24.5. The predicted octanol–water partition coefficient (Wildman–Crippen LogP) is 2.08. The van der Waals surface area contributed by atoms with Gasteiger partial charge in [-0.2, -0.15) is 0 Å². The summed E-state index contributed by atoms with van der Waals surface area (Å²) in [5.41, 5.74) is 0.930. The van der Waals surface area contributed by atoms with Gasteiger partial charge in [-0.15, -0.1) is 0 Å². The molecule has 0 unspecified atom stereocenters. The van der Waals surface area contributed by atoms with Crippen molar-refractivity contribution in [1.29, 1.82) is 0 Å². The molecule has 6 nitrogen and oxygen atoms in total. The Morgan fingerprint density at radius 2 is 1.96 bits per heavy atom. The smallest absolute Gasteiger partial charge is 0.341 e. The molecule has 0 heterocycles. The van der Waals surface area contributed by atoms with E-state index in [1.165, 1.54) is 6.42 Å². The number of para-hydroxylation sites is 1. The number of benzene rings is 1. The number of carbonyl (C=O) groups is 2. The van der Waals surface area contributed by atoms with Crippen molar-refractivity contribution in [3.8, 4) is 0 Å². The summed E-state index contributed by atoms with van der Waals surface area (Å²) in [6, 6.07) is 7.07. The molecule has 6 heteroatoms. The summed E-state index contributed by atoms with van der Waals surface area (Å²) < 4.78 is 5.31. The average molecular weight is 334 g/mol. The first-order valence-corrected chi connectivity index (χ1v) is 8.57. The van der Waals surface area contributed by atoms with Crippen LogP contribution in [0.4, 0.5) is 5.69 Å². The molecule has 1 aliphatic rings. The lowest BCUT2D eigenvalue weighted by atomic mass is 9.95. The van der Waals surface area contributed by atoms with Gasteiger partial charge in [-0.05, 0) is 31.9 Å². The molecular weight excluding hydrogens is 308 g/mol. The van der Waals surface area contributed by atoms with E-state index in [2.05, 4.69) is 10.6 Å². The van der Waals surface area contributed by atoms with Gasteiger partial charge in [0.15, 0.2) is 6.10 Å². The lowest BCUT2D eigenvalue weighted by Gasteiger charge is -2.24. The SMILES string of the molecule is C[C@H](OC(=O)c1ccccc1NCCO)C(=O)NC1CCCCC1. The molecule has 1 aromatic rings. The molecule has 1 fully saturated rings. The highest BCUT2D eigenvalue weighted by molar-refractivity contribution is 5.97. The maximum atomic E-state index is 12.3. The Balaban J connectivity index is 1.92. The Morgan fingerprint density at radius 1 is 1.25 bits per heavy atom. The molecule has 0 aromatic heterocycles. The second kappa shape index (κ2) is 9.27. The van der Waals surface area contributed by atoms with Crippen molar-refractivity contribution in [3.63, 3.8) is 0 Å². The van der Waals surface area contributed by atoms with Crippen LogP contribution in [0.2, 0.25) is 0 Å². The Kier molecular flexibility index (Phi) is 7.06. The first kappa shape index (κ1) is 18.3. The van der Waals surface area contributed by atoms with E-state index in [0.29, 0.717) is 17.8 Å². The molecule has 24 heavy (non-hydrogen) atoms. The van der Waals surface area contributed by atoms with Gasteiger partial charge >= 0.3 is 5.97 Å². The Morgan fingerprint density at radius 3 is 2.67 bits per heavy atom. The van der Waals surface area contributed by atoms with Gasteiger partial charge < -0.3 is 20.5 Å². The number of esters is 1. The van der Waals surface area contributed by atoms with Crippen LogP contribution in [-0.2, 0) is 9.53 Å². The third kappa shape index (κ3) is 5.23. The number of hydrogen-bond donors (Lipinski definition) is 3. The van der Waals surface area contributed by atoms with Gasteiger partial charge in [0.1, 0.15) is 0 Å². The van der Waals surface area contributed by atoms with E-state index in [4.69, 9.17) is 9.84 Å². The number of hydrogen-bond acceptors (Lipinski definition) is 5. The summed E-state index contributed by atoms with van der Waals surface area (Å²) in [6.45, 7) is 1.88. The van der Waals surface area contributed by atoms with Crippen molar-refractivity contribution in [2.24, 2.45) is 0 Å². The molecule has 1 aromatic carbocycles. The van der Waals surface area contributed by atoms with E-state index < -0.39 is 12.1 Å². The molecule has 1 amide bonds. The topological polar surface area (TPSA) is 87.7 Å². The summed E-state index contributed by atoms with van der Waals surface area (Å²) in [5, 5.41) is 14.8. The fraction of sp³-hybridized carbons (Fsp3) is 0.556. The van der Waals surface area contributed by atoms with Crippen LogP contribution in [0.15, 0.2) is 24.3 Å². The molecule has 132 valence electrons. The zero-order valence-electron chi connectivity index (χ0n) is 14.1. The van der Waals surface area contributed by atoms with Gasteiger partial charge in [0.25, 0.3) is 5.91 Å². The Bertz CT molecular complexity index is 556. The van der Waals surface area contributed by atoms with Gasteiger partial charge in [0.2, 0.25) is 0 Å². The fourth-order valence-corrected chi connectivity index (χ4v) is 2.85. The summed E-state index contributed by atoms with van der Waals surface area (Å²) in [5.74, 6) is -0.807. The maximum absolute atomic E-state index is 12.3. The van der Waals surface area contributed by atoms with Gasteiger partial charge in [-0.25, -0.2) is 4.79 Å². The van der Waals surface area contributed by atoms with Crippen LogP contribution >= 0.6 is 0 Å². The van der Waals surface area contributed by atoms with Gasteiger partial charge in [0, 0.05) is 18.3 Å². The molecule has 0 radical (unpaired) electrons. The quantitative estimate of drug-likeness (QED) is 0.665. The minimum atomic E-state index is -0.842. The van der Waals surface area contributed by atoms with Crippen LogP contribution in [0.25, 0.3) is 0 Å². The molecule has 0 saturated heterocycles. The zero-order valence-corrected chi connectivity index (χ0v) is 14.1. The number of rotatable bonds is 7. The maximum Gasteiger partial charge on any atom is 0.341 e. The molecule has 0 bridgehead atoms. The Hall–Kier alpha value is -2.08. The molecule has 1 saturated carbocycles. The molecular formula is C18H26N2O4. The van der Waals surface area contributed by atoms with Crippen LogP contribution in [0.3, 0.4) is 0 Å². The minimum absolute atomic E-state index is 0.0381. The van der Waals surface area contributed by atoms with E-state index in [9.17, 15) is 9.59 Å². The third-order valence-corrected chi connectivity index (χ3v) is 4.18. The van der Waals surface area contributed by atoms with Crippen molar-refractivity contribution in [2.75, 3.05) is 18.5 Å². The molecule has 1 aliphatic carbocycles. The molecule has 3 N–H and O–H groups in total. The van der Waals surface area contributed by atoms with Crippen molar-refractivity contribution in [1.82, 2.24) is 5.32 Å². The van der Waals surface area contributed by atoms with E-state index in [1.54, 1.807) is 31.2 Å². The highest BCUT2D eigenvalue weighted by atomic mass is 16.5. The monoisotopic (exact) mass is 334 g/mol. The van der Waals surface area contributed by atoms with Gasteiger partial charge in [-0.3, -0.25) is 4.79 Å². The molecule has 1 atom stereocenters. The minimum Gasteiger partial charge on any atom is -0.449 e. The second-order valence-electron chi connectivity index (χ2n) is 6.09. The normalized spacial score (nSPS) is 16.2. The molecule has 0 aliphatic heterocycles. The highest BCUT2D eigenvalue weighted by Crippen LogP contribution is 2.19. The van der Waals surface area contributed by atoms with Crippen LogP contribution in [0.5, 0.6) is 0 Å². The van der Waals surface area contributed by atoms with E-state index in [-0.39, 0.29) is 18.6 Å². The second-order valence-corrected chi connectivity index (χ2v) is 6.09. The van der Waals surface area contributed by atoms with Crippen molar-refractivity contribution in [3.05, 3.63) is 29.8 Å². The number of anilines is 1. The number of aliphatic hydroxyl groups excluding tert-OH is 1. The van der Waals surface area contributed by atoms with Crippen LogP contribution in [0, 0.1) is 0 Å². The van der Waals surface area contributed by atoms with Crippen molar-refractivity contribution >= 4 is 17.6 Å². The molecule has 0 spiro atoms. The van der Waals surface area contributed by atoms with Crippen molar-refractivity contribution in [2.45, 2.75) is 51.2 Å². The average Bonchev–Trinajstić information content (AvgIpc) is 2.61. The summed E-state index contributed by atoms with van der Waals surface area (Å²) in [6.07, 6.45) is 4.60. The summed E-state index contributed by atoms with van der Waals surface area (Å²) >= 11 is 0.